The van der Waals surface area contributed by atoms with Crippen LogP contribution in [-0.2, 0) is 14.6 Å². The Morgan fingerprint density at radius 3 is 2.64 bits per heavy atom. The third kappa shape index (κ3) is 6.26. The average Bonchev–Trinajstić information content (AvgIpc) is 3.18. The second-order valence-electron chi connectivity index (χ2n) is 9.16. The molecule has 2 aromatic rings. The summed E-state index contributed by atoms with van der Waals surface area (Å²) < 4.78 is 30.9. The van der Waals surface area contributed by atoms with Crippen molar-refractivity contribution in [1.29, 1.82) is 0 Å². The Morgan fingerprint density at radius 2 is 1.97 bits per heavy atom. The van der Waals surface area contributed by atoms with Gasteiger partial charge in [0.1, 0.15) is 10.6 Å². The standard InChI is InChI=1S/C22H30ClN5O4S/c1-14(2)33(30,31)18-9-7-6-8-17(18)26-19-16(23)12-24-20(27-19)25-15-10-11-28(13-15)21(29)32-22(3,4)5/h6-9,12,14-15H,10-11,13H2,1-5H3,(H2,24,25,26,27). The van der Waals surface area contributed by atoms with Crippen LogP contribution < -0.4 is 10.6 Å². The molecule has 3 rings (SSSR count). The topological polar surface area (TPSA) is 114 Å². The van der Waals surface area contributed by atoms with Crippen LogP contribution in [0.5, 0.6) is 0 Å². The first kappa shape index (κ1) is 25.0. The maximum Gasteiger partial charge on any atom is 0.410 e. The van der Waals surface area contributed by atoms with Crippen molar-refractivity contribution < 1.29 is 17.9 Å². The normalized spacial score (nSPS) is 16.7. The van der Waals surface area contributed by atoms with Crippen LogP contribution >= 0.6 is 11.6 Å². The van der Waals surface area contributed by atoms with Crippen LogP contribution in [0.15, 0.2) is 35.4 Å². The number of amides is 1. The van der Waals surface area contributed by atoms with Crippen molar-refractivity contribution in [1.82, 2.24) is 14.9 Å². The highest BCUT2D eigenvalue weighted by atomic mass is 35.5. The molecule has 0 saturated carbocycles. The fourth-order valence-electron chi connectivity index (χ4n) is 3.28. The summed E-state index contributed by atoms with van der Waals surface area (Å²) in [6.07, 6.45) is 1.80. The molecule has 0 bridgehead atoms. The van der Waals surface area contributed by atoms with Crippen molar-refractivity contribution >= 4 is 45.0 Å². The van der Waals surface area contributed by atoms with Crippen molar-refractivity contribution in [3.63, 3.8) is 0 Å². The van der Waals surface area contributed by atoms with Crippen LogP contribution in [0.2, 0.25) is 5.02 Å². The predicted molar refractivity (Wildman–Crippen MR) is 129 cm³/mol. The van der Waals surface area contributed by atoms with Gasteiger partial charge in [-0.15, -0.1) is 0 Å². The van der Waals surface area contributed by atoms with E-state index in [0.29, 0.717) is 31.1 Å². The van der Waals surface area contributed by atoms with Crippen LogP contribution in [0.3, 0.4) is 0 Å². The van der Waals surface area contributed by atoms with Gasteiger partial charge in [-0.2, -0.15) is 4.98 Å². The largest absolute Gasteiger partial charge is 0.444 e. The number of likely N-dealkylation sites (tertiary alicyclic amines) is 1. The van der Waals surface area contributed by atoms with Crippen LogP contribution in [0.25, 0.3) is 0 Å². The molecule has 1 fully saturated rings. The summed E-state index contributed by atoms with van der Waals surface area (Å²) in [5.74, 6) is 0.602. The minimum atomic E-state index is -3.51. The van der Waals surface area contributed by atoms with Crippen LogP contribution in [-0.4, -0.2) is 59.4 Å². The van der Waals surface area contributed by atoms with E-state index in [1.54, 1.807) is 43.0 Å². The summed E-state index contributed by atoms with van der Waals surface area (Å²) in [6, 6.07) is 6.57. The van der Waals surface area contributed by atoms with Crippen LogP contribution in [0.4, 0.5) is 22.2 Å². The maximum atomic E-state index is 12.7. The summed E-state index contributed by atoms with van der Waals surface area (Å²) in [7, 11) is -3.51. The second-order valence-corrected chi connectivity index (χ2v) is 12.0. The van der Waals surface area contributed by atoms with Gasteiger partial charge < -0.3 is 20.3 Å². The fraction of sp³-hybridized carbons (Fsp3) is 0.500. The number of rotatable bonds is 6. The molecule has 0 radical (unpaired) electrons. The zero-order chi connectivity index (χ0) is 24.4. The van der Waals surface area contributed by atoms with Crippen molar-refractivity contribution in [3.05, 3.63) is 35.5 Å². The number of halogens is 1. The summed E-state index contributed by atoms with van der Waals surface area (Å²) in [6.45, 7) is 9.78. The van der Waals surface area contributed by atoms with E-state index < -0.39 is 20.7 Å². The number of anilines is 3. The second kappa shape index (κ2) is 9.72. The molecule has 1 amide bonds. The molecular formula is C22H30ClN5O4S. The number of benzene rings is 1. The molecule has 0 aliphatic carbocycles. The number of nitrogens with zero attached hydrogens (tertiary/aromatic N) is 3. The van der Waals surface area contributed by atoms with Gasteiger partial charge in [-0.3, -0.25) is 0 Å². The van der Waals surface area contributed by atoms with Gasteiger partial charge in [0.15, 0.2) is 15.7 Å². The SMILES string of the molecule is CC(C)S(=O)(=O)c1ccccc1Nc1nc(NC2CCN(C(=O)OC(C)(C)C)C2)ncc1Cl. The Kier molecular flexibility index (Phi) is 7.38. The Balaban J connectivity index is 1.74. The van der Waals surface area contributed by atoms with E-state index in [0.717, 1.165) is 0 Å². The molecule has 11 heteroatoms. The minimum absolute atomic E-state index is 0.0554. The number of ether oxygens (including phenoxy) is 1. The quantitative estimate of drug-likeness (QED) is 0.603. The number of hydrogen-bond donors (Lipinski definition) is 2. The van der Waals surface area contributed by atoms with E-state index >= 15 is 0 Å². The molecule has 0 spiro atoms. The number of carbonyl (C=O) groups excluding carboxylic acids is 1. The van der Waals surface area contributed by atoms with Crippen LogP contribution in [0.1, 0.15) is 41.0 Å². The molecule has 9 nitrogen and oxygen atoms in total. The van der Waals surface area contributed by atoms with Gasteiger partial charge >= 0.3 is 6.09 Å². The molecule has 1 aromatic carbocycles. The highest BCUT2D eigenvalue weighted by molar-refractivity contribution is 7.92. The third-order valence-corrected chi connectivity index (χ3v) is 7.47. The Bertz CT molecular complexity index is 1120. The highest BCUT2D eigenvalue weighted by Gasteiger charge is 2.30. The third-order valence-electron chi connectivity index (χ3n) is 4.98. The lowest BCUT2D eigenvalue weighted by atomic mass is 10.2. The fourth-order valence-corrected chi connectivity index (χ4v) is 4.62. The van der Waals surface area contributed by atoms with E-state index in [-0.39, 0.29) is 27.9 Å². The van der Waals surface area contributed by atoms with E-state index in [1.807, 2.05) is 20.8 Å². The highest BCUT2D eigenvalue weighted by Crippen LogP contribution is 2.30. The molecular weight excluding hydrogens is 466 g/mol. The Hall–Kier alpha value is -2.59. The molecule has 1 saturated heterocycles. The van der Waals surface area contributed by atoms with Crippen LogP contribution in [0, 0.1) is 0 Å². The lowest BCUT2D eigenvalue weighted by molar-refractivity contribution is 0.0293. The summed E-state index contributed by atoms with van der Waals surface area (Å²) >= 11 is 6.28. The van der Waals surface area contributed by atoms with Crippen molar-refractivity contribution in [2.75, 3.05) is 23.7 Å². The number of aromatic nitrogens is 2. The first-order valence-corrected chi connectivity index (χ1v) is 12.7. The van der Waals surface area contributed by atoms with Gasteiger partial charge in [0, 0.05) is 19.1 Å². The Labute approximate surface area is 199 Å². The monoisotopic (exact) mass is 495 g/mol. The molecule has 1 aliphatic rings. The van der Waals surface area contributed by atoms with E-state index in [2.05, 4.69) is 20.6 Å². The van der Waals surface area contributed by atoms with Gasteiger partial charge in [-0.25, -0.2) is 18.2 Å². The molecule has 1 aliphatic heterocycles. The molecule has 1 aromatic heterocycles. The number of para-hydroxylation sites is 1. The first-order valence-electron chi connectivity index (χ1n) is 10.7. The molecule has 1 atom stereocenters. The number of nitrogens with one attached hydrogen (secondary N) is 2. The van der Waals surface area contributed by atoms with E-state index in [4.69, 9.17) is 16.3 Å². The number of carbonyl (C=O) groups is 1. The zero-order valence-corrected chi connectivity index (χ0v) is 21.0. The molecule has 2 N–H and O–H groups in total. The van der Waals surface area contributed by atoms with Gasteiger partial charge in [0.05, 0.1) is 22.0 Å². The molecule has 2 heterocycles. The van der Waals surface area contributed by atoms with E-state index in [9.17, 15) is 13.2 Å². The molecule has 180 valence electrons. The number of hydrogen-bond acceptors (Lipinski definition) is 8. The van der Waals surface area contributed by atoms with Crippen molar-refractivity contribution in [2.24, 2.45) is 0 Å². The Morgan fingerprint density at radius 1 is 1.27 bits per heavy atom. The van der Waals surface area contributed by atoms with Gasteiger partial charge in [-0.1, -0.05) is 23.7 Å². The average molecular weight is 496 g/mol. The smallest absolute Gasteiger partial charge is 0.410 e. The first-order chi connectivity index (χ1) is 15.4. The van der Waals surface area contributed by atoms with Crippen molar-refractivity contribution in [2.45, 2.75) is 62.8 Å². The van der Waals surface area contributed by atoms with Gasteiger partial charge in [0.25, 0.3) is 0 Å². The summed E-state index contributed by atoms with van der Waals surface area (Å²) in [5, 5.41) is 5.92. The minimum Gasteiger partial charge on any atom is -0.444 e. The van der Waals surface area contributed by atoms with Gasteiger partial charge in [-0.05, 0) is 53.2 Å². The van der Waals surface area contributed by atoms with Crippen molar-refractivity contribution in [3.8, 4) is 0 Å². The number of sulfone groups is 1. The van der Waals surface area contributed by atoms with E-state index in [1.165, 1.54) is 6.20 Å². The summed E-state index contributed by atoms with van der Waals surface area (Å²) in [4.78, 5) is 22.8. The maximum absolute atomic E-state index is 12.7. The zero-order valence-electron chi connectivity index (χ0n) is 19.4. The van der Waals surface area contributed by atoms with Gasteiger partial charge in [0.2, 0.25) is 5.95 Å². The molecule has 33 heavy (non-hydrogen) atoms. The lowest BCUT2D eigenvalue weighted by Crippen LogP contribution is -2.36. The summed E-state index contributed by atoms with van der Waals surface area (Å²) in [5.41, 5.74) is -0.170. The lowest BCUT2D eigenvalue weighted by Gasteiger charge is -2.24. The molecule has 1 unspecified atom stereocenters. The predicted octanol–water partition coefficient (Wildman–Crippen LogP) is 4.48.